The molecule has 24 heavy (non-hydrogen) atoms. The molecule has 1 aromatic carbocycles. The predicted molar refractivity (Wildman–Crippen MR) is 99.8 cm³/mol. The van der Waals surface area contributed by atoms with Gasteiger partial charge in [-0.05, 0) is 42.0 Å². The van der Waals surface area contributed by atoms with E-state index in [4.69, 9.17) is 0 Å². The standard InChI is InChI=1S/C21H28N2O/c1-21(2,3)15-20(24)18(16-22)14-17-8-10-19(11-9-17)23-12-6-4-5-7-13-23/h8-11,14H,4-7,12-13,15H2,1-3H3. The zero-order valence-electron chi connectivity index (χ0n) is 15.1. The fourth-order valence-electron chi connectivity index (χ4n) is 3.03. The molecule has 2 rings (SSSR count). The van der Waals surface area contributed by atoms with Gasteiger partial charge in [-0.1, -0.05) is 45.7 Å². The number of anilines is 1. The smallest absolute Gasteiger partial charge is 0.173 e. The van der Waals surface area contributed by atoms with Crippen molar-refractivity contribution in [3.63, 3.8) is 0 Å². The van der Waals surface area contributed by atoms with Crippen LogP contribution in [0.2, 0.25) is 0 Å². The van der Waals surface area contributed by atoms with Crippen LogP contribution in [0, 0.1) is 16.7 Å². The van der Waals surface area contributed by atoms with Crippen LogP contribution in [0.3, 0.4) is 0 Å². The first-order valence-corrected chi connectivity index (χ1v) is 8.89. The topological polar surface area (TPSA) is 44.1 Å². The third kappa shape index (κ3) is 5.53. The number of carbonyl (C=O) groups is 1. The summed E-state index contributed by atoms with van der Waals surface area (Å²) in [5.74, 6) is -0.0819. The van der Waals surface area contributed by atoms with Gasteiger partial charge < -0.3 is 4.90 Å². The molecule has 0 radical (unpaired) electrons. The molecule has 0 aromatic heterocycles. The van der Waals surface area contributed by atoms with Gasteiger partial charge in [-0.15, -0.1) is 0 Å². The van der Waals surface area contributed by atoms with Gasteiger partial charge >= 0.3 is 0 Å². The fourth-order valence-corrected chi connectivity index (χ4v) is 3.03. The Morgan fingerprint density at radius 2 is 1.71 bits per heavy atom. The molecule has 1 aliphatic heterocycles. The molecule has 3 nitrogen and oxygen atoms in total. The molecule has 0 amide bonds. The van der Waals surface area contributed by atoms with Crippen LogP contribution in [-0.2, 0) is 4.79 Å². The van der Waals surface area contributed by atoms with Crippen LogP contribution < -0.4 is 4.90 Å². The number of hydrogen-bond acceptors (Lipinski definition) is 3. The number of rotatable bonds is 4. The molecule has 1 fully saturated rings. The average molecular weight is 324 g/mol. The Kier molecular flexibility index (Phi) is 6.20. The molecule has 0 atom stereocenters. The summed E-state index contributed by atoms with van der Waals surface area (Å²) in [6, 6.07) is 10.3. The predicted octanol–water partition coefficient (Wildman–Crippen LogP) is 4.98. The van der Waals surface area contributed by atoms with Gasteiger partial charge in [0.2, 0.25) is 0 Å². The Morgan fingerprint density at radius 1 is 1.12 bits per heavy atom. The van der Waals surface area contributed by atoms with Gasteiger partial charge in [-0.25, -0.2) is 0 Å². The molecule has 1 aliphatic rings. The number of Topliss-reactive ketones (excluding diaryl/α,β-unsaturated/α-hetero) is 1. The monoisotopic (exact) mass is 324 g/mol. The highest BCUT2D eigenvalue weighted by atomic mass is 16.1. The van der Waals surface area contributed by atoms with Crippen LogP contribution in [0.4, 0.5) is 5.69 Å². The van der Waals surface area contributed by atoms with Gasteiger partial charge in [0.15, 0.2) is 5.78 Å². The maximum Gasteiger partial charge on any atom is 0.173 e. The lowest BCUT2D eigenvalue weighted by molar-refractivity contribution is -0.116. The third-order valence-corrected chi connectivity index (χ3v) is 4.29. The first-order chi connectivity index (χ1) is 11.4. The van der Waals surface area contributed by atoms with Crippen molar-refractivity contribution >= 4 is 17.5 Å². The lowest BCUT2D eigenvalue weighted by atomic mass is 9.87. The van der Waals surface area contributed by atoms with E-state index in [0.29, 0.717) is 6.42 Å². The Morgan fingerprint density at radius 3 is 2.21 bits per heavy atom. The normalized spacial score (nSPS) is 16.4. The van der Waals surface area contributed by atoms with Crippen molar-refractivity contribution in [2.75, 3.05) is 18.0 Å². The molecule has 0 N–H and O–H groups in total. The van der Waals surface area contributed by atoms with Crippen LogP contribution >= 0.6 is 0 Å². The fraction of sp³-hybridized carbons (Fsp3) is 0.524. The molecule has 1 aromatic rings. The minimum atomic E-state index is -0.107. The van der Waals surface area contributed by atoms with Crippen molar-refractivity contribution < 1.29 is 4.79 Å². The first-order valence-electron chi connectivity index (χ1n) is 8.89. The van der Waals surface area contributed by atoms with Crippen LogP contribution in [0.25, 0.3) is 6.08 Å². The number of carbonyl (C=O) groups excluding carboxylic acids is 1. The van der Waals surface area contributed by atoms with E-state index < -0.39 is 0 Å². The van der Waals surface area contributed by atoms with Crippen molar-refractivity contribution in [3.05, 3.63) is 35.4 Å². The molecule has 0 aliphatic carbocycles. The number of nitrogens with zero attached hydrogens (tertiary/aromatic N) is 2. The summed E-state index contributed by atoms with van der Waals surface area (Å²) >= 11 is 0. The van der Waals surface area contributed by atoms with E-state index in [1.165, 1.54) is 31.4 Å². The first kappa shape index (κ1) is 18.3. The van der Waals surface area contributed by atoms with Gasteiger partial charge in [0.05, 0.1) is 5.57 Å². The Bertz CT molecular complexity index is 621. The highest BCUT2D eigenvalue weighted by Gasteiger charge is 2.19. The summed E-state index contributed by atoms with van der Waals surface area (Å²) in [5.41, 5.74) is 2.28. The summed E-state index contributed by atoms with van der Waals surface area (Å²) < 4.78 is 0. The van der Waals surface area contributed by atoms with E-state index in [0.717, 1.165) is 18.7 Å². The Balaban J connectivity index is 2.11. The molecule has 0 bridgehead atoms. The Hall–Kier alpha value is -2.08. The lowest BCUT2D eigenvalue weighted by Crippen LogP contribution is -2.23. The van der Waals surface area contributed by atoms with Crippen LogP contribution in [0.5, 0.6) is 0 Å². The zero-order chi connectivity index (χ0) is 17.6. The number of benzene rings is 1. The SMILES string of the molecule is CC(C)(C)CC(=O)C(C#N)=Cc1ccc(N2CCCCCC2)cc1. The van der Waals surface area contributed by atoms with Crippen molar-refractivity contribution in [3.8, 4) is 6.07 Å². The van der Waals surface area contributed by atoms with Crippen molar-refractivity contribution in [1.29, 1.82) is 5.26 Å². The second-order valence-corrected chi connectivity index (χ2v) is 7.82. The number of nitriles is 1. The number of ketones is 1. The van der Waals surface area contributed by atoms with Gasteiger partial charge in [0.1, 0.15) is 6.07 Å². The van der Waals surface area contributed by atoms with Crippen molar-refractivity contribution in [2.45, 2.75) is 52.9 Å². The van der Waals surface area contributed by atoms with Gasteiger partial charge in [-0.3, -0.25) is 4.79 Å². The molecule has 0 unspecified atom stereocenters. The van der Waals surface area contributed by atoms with Crippen molar-refractivity contribution in [2.24, 2.45) is 5.41 Å². The second kappa shape index (κ2) is 8.15. The summed E-state index contributed by atoms with van der Waals surface area (Å²) in [7, 11) is 0. The highest BCUT2D eigenvalue weighted by molar-refractivity contribution is 6.03. The molecule has 128 valence electrons. The summed E-state index contributed by atoms with van der Waals surface area (Å²) in [6.07, 6.45) is 7.24. The van der Waals surface area contributed by atoms with Gasteiger partial charge in [0.25, 0.3) is 0 Å². The highest BCUT2D eigenvalue weighted by Crippen LogP contribution is 2.23. The average Bonchev–Trinajstić information content (AvgIpc) is 2.80. The minimum absolute atomic E-state index is 0.0819. The quantitative estimate of drug-likeness (QED) is 0.579. The van der Waals surface area contributed by atoms with Gasteiger partial charge in [-0.2, -0.15) is 5.26 Å². The van der Waals surface area contributed by atoms with E-state index in [1.54, 1.807) is 6.08 Å². The van der Waals surface area contributed by atoms with Crippen LogP contribution in [0.15, 0.2) is 29.8 Å². The van der Waals surface area contributed by atoms with Crippen LogP contribution in [-0.4, -0.2) is 18.9 Å². The number of allylic oxidation sites excluding steroid dienone is 1. The maximum atomic E-state index is 12.2. The summed E-state index contributed by atoms with van der Waals surface area (Å²) in [6.45, 7) is 8.26. The van der Waals surface area contributed by atoms with E-state index >= 15 is 0 Å². The summed E-state index contributed by atoms with van der Waals surface area (Å²) in [4.78, 5) is 14.7. The van der Waals surface area contributed by atoms with E-state index in [1.807, 2.05) is 32.9 Å². The largest absolute Gasteiger partial charge is 0.372 e. The van der Waals surface area contributed by atoms with Crippen molar-refractivity contribution in [1.82, 2.24) is 0 Å². The lowest BCUT2D eigenvalue weighted by Gasteiger charge is -2.22. The maximum absolute atomic E-state index is 12.2. The minimum Gasteiger partial charge on any atom is -0.372 e. The molecular formula is C21H28N2O. The molecule has 0 spiro atoms. The zero-order valence-corrected chi connectivity index (χ0v) is 15.1. The molecule has 1 heterocycles. The summed E-state index contributed by atoms with van der Waals surface area (Å²) in [5, 5.41) is 9.30. The van der Waals surface area contributed by atoms with E-state index in [2.05, 4.69) is 23.1 Å². The third-order valence-electron chi connectivity index (χ3n) is 4.29. The molecular weight excluding hydrogens is 296 g/mol. The molecule has 0 saturated carbocycles. The van der Waals surface area contributed by atoms with E-state index in [-0.39, 0.29) is 16.8 Å². The number of hydrogen-bond donors (Lipinski definition) is 0. The molecule has 1 saturated heterocycles. The molecule has 3 heteroatoms. The van der Waals surface area contributed by atoms with E-state index in [9.17, 15) is 10.1 Å². The van der Waals surface area contributed by atoms with Gasteiger partial charge in [0, 0.05) is 25.2 Å². The second-order valence-electron chi connectivity index (χ2n) is 7.82. The van der Waals surface area contributed by atoms with Crippen LogP contribution in [0.1, 0.15) is 58.4 Å². The Labute approximate surface area is 146 Å².